The quantitative estimate of drug-likeness (QED) is 0.658. The largest absolute Gasteiger partial charge is 0.368 e. The van der Waals surface area contributed by atoms with E-state index in [1.54, 1.807) is 6.07 Å². The molecule has 0 saturated carbocycles. The molecule has 0 aliphatic carbocycles. The van der Waals surface area contributed by atoms with E-state index in [-0.39, 0.29) is 11.9 Å². The first kappa shape index (κ1) is 7.25. The van der Waals surface area contributed by atoms with Crippen molar-refractivity contribution in [1.82, 2.24) is 0 Å². The van der Waals surface area contributed by atoms with Crippen LogP contribution < -0.4 is 0 Å². The fourth-order valence-corrected chi connectivity index (χ4v) is 1.32. The molecule has 1 heterocycles. The number of epoxide rings is 1. The maximum Gasteiger partial charge on any atom is 0.130 e. The van der Waals surface area contributed by atoms with Crippen molar-refractivity contribution in [3.05, 3.63) is 34.1 Å². The number of rotatable bonds is 1. The van der Waals surface area contributed by atoms with Gasteiger partial charge < -0.3 is 4.74 Å². The molecule has 58 valence electrons. The Balaban J connectivity index is 2.39. The highest BCUT2D eigenvalue weighted by molar-refractivity contribution is 9.10. The molecule has 0 aromatic heterocycles. The van der Waals surface area contributed by atoms with Gasteiger partial charge in [0, 0.05) is 10.0 Å². The van der Waals surface area contributed by atoms with Crippen LogP contribution in [0.3, 0.4) is 0 Å². The molecule has 0 amide bonds. The van der Waals surface area contributed by atoms with E-state index in [1.807, 2.05) is 6.07 Å². The molecule has 0 unspecified atom stereocenters. The average Bonchev–Trinajstić information content (AvgIpc) is 2.70. The van der Waals surface area contributed by atoms with Gasteiger partial charge in [0.25, 0.3) is 0 Å². The van der Waals surface area contributed by atoms with Crippen LogP contribution in [0.15, 0.2) is 22.7 Å². The summed E-state index contributed by atoms with van der Waals surface area (Å²) in [4.78, 5) is 0. The summed E-state index contributed by atoms with van der Waals surface area (Å²) in [5, 5.41) is 0. The Morgan fingerprint density at radius 1 is 1.55 bits per heavy atom. The van der Waals surface area contributed by atoms with Gasteiger partial charge in [-0.1, -0.05) is 22.0 Å². The van der Waals surface area contributed by atoms with Crippen molar-refractivity contribution < 1.29 is 9.13 Å². The van der Waals surface area contributed by atoms with E-state index >= 15 is 0 Å². The Morgan fingerprint density at radius 2 is 2.27 bits per heavy atom. The minimum Gasteiger partial charge on any atom is -0.368 e. The number of ether oxygens (including phenoxy) is 1. The molecular formula is C8H6BrFO. The summed E-state index contributed by atoms with van der Waals surface area (Å²) in [7, 11) is 0. The van der Waals surface area contributed by atoms with Gasteiger partial charge in [-0.2, -0.15) is 0 Å². The third-order valence-corrected chi connectivity index (χ3v) is 2.14. The minimum absolute atomic E-state index is 0.00287. The van der Waals surface area contributed by atoms with Gasteiger partial charge in [-0.25, -0.2) is 4.39 Å². The predicted molar refractivity (Wildman–Crippen MR) is 42.8 cm³/mol. The Hall–Kier alpha value is -0.410. The molecule has 1 aliphatic rings. The van der Waals surface area contributed by atoms with Crippen LogP contribution in [0, 0.1) is 5.82 Å². The first-order valence-electron chi connectivity index (χ1n) is 3.34. The van der Waals surface area contributed by atoms with Gasteiger partial charge in [-0.05, 0) is 12.1 Å². The summed E-state index contributed by atoms with van der Waals surface area (Å²) >= 11 is 3.18. The van der Waals surface area contributed by atoms with Crippen LogP contribution in [-0.4, -0.2) is 6.61 Å². The van der Waals surface area contributed by atoms with Crippen LogP contribution in [0.25, 0.3) is 0 Å². The molecule has 1 aromatic carbocycles. The lowest BCUT2D eigenvalue weighted by atomic mass is 10.1. The Bertz CT molecular complexity index is 283. The zero-order valence-electron chi connectivity index (χ0n) is 5.68. The van der Waals surface area contributed by atoms with Crippen LogP contribution in [-0.2, 0) is 4.74 Å². The standard InChI is InChI=1S/C8H6BrFO/c9-5-1-2-6(7(10)3-5)8-4-11-8/h1-3,8H,4H2/t8-/m1/s1. The zero-order chi connectivity index (χ0) is 7.84. The molecular weight excluding hydrogens is 211 g/mol. The first-order valence-corrected chi connectivity index (χ1v) is 4.13. The third-order valence-electron chi connectivity index (χ3n) is 1.64. The molecule has 1 nitrogen and oxygen atoms in total. The third kappa shape index (κ3) is 1.44. The van der Waals surface area contributed by atoms with Gasteiger partial charge in [-0.15, -0.1) is 0 Å². The van der Waals surface area contributed by atoms with Gasteiger partial charge in [-0.3, -0.25) is 0 Å². The lowest BCUT2D eigenvalue weighted by Gasteiger charge is -1.97. The van der Waals surface area contributed by atoms with E-state index in [0.717, 1.165) is 4.47 Å². The maximum atomic E-state index is 13.0. The van der Waals surface area contributed by atoms with Gasteiger partial charge in [0.2, 0.25) is 0 Å². The Kier molecular flexibility index (Phi) is 1.69. The van der Waals surface area contributed by atoms with Gasteiger partial charge >= 0.3 is 0 Å². The second-order valence-corrected chi connectivity index (χ2v) is 3.40. The number of hydrogen-bond acceptors (Lipinski definition) is 1. The fraction of sp³-hybridized carbons (Fsp3) is 0.250. The van der Waals surface area contributed by atoms with Crippen molar-refractivity contribution in [2.45, 2.75) is 6.10 Å². The lowest BCUT2D eigenvalue weighted by molar-refractivity contribution is 0.408. The highest BCUT2D eigenvalue weighted by atomic mass is 79.9. The highest BCUT2D eigenvalue weighted by Crippen LogP contribution is 2.32. The average molecular weight is 217 g/mol. The summed E-state index contributed by atoms with van der Waals surface area (Å²) in [6.07, 6.45) is 0.00287. The molecule has 1 fully saturated rings. The van der Waals surface area contributed by atoms with Gasteiger partial charge in [0.15, 0.2) is 0 Å². The van der Waals surface area contributed by atoms with Crippen molar-refractivity contribution in [3.8, 4) is 0 Å². The van der Waals surface area contributed by atoms with Crippen LogP contribution in [0.2, 0.25) is 0 Å². The van der Waals surface area contributed by atoms with E-state index in [0.29, 0.717) is 12.2 Å². The second-order valence-electron chi connectivity index (χ2n) is 2.49. The van der Waals surface area contributed by atoms with E-state index < -0.39 is 0 Å². The molecule has 1 aliphatic heterocycles. The summed E-state index contributed by atoms with van der Waals surface area (Å²) in [6.45, 7) is 0.651. The first-order chi connectivity index (χ1) is 5.27. The van der Waals surface area contributed by atoms with E-state index in [4.69, 9.17) is 4.74 Å². The van der Waals surface area contributed by atoms with Gasteiger partial charge in [0.1, 0.15) is 11.9 Å². The molecule has 0 N–H and O–H groups in total. The number of halogens is 2. The monoisotopic (exact) mass is 216 g/mol. The predicted octanol–water partition coefficient (Wildman–Crippen LogP) is 2.66. The van der Waals surface area contributed by atoms with Crippen molar-refractivity contribution in [2.75, 3.05) is 6.61 Å². The van der Waals surface area contributed by atoms with E-state index in [1.165, 1.54) is 6.07 Å². The van der Waals surface area contributed by atoms with E-state index in [9.17, 15) is 4.39 Å². The van der Waals surface area contributed by atoms with Crippen molar-refractivity contribution in [2.24, 2.45) is 0 Å². The Morgan fingerprint density at radius 3 is 2.82 bits per heavy atom. The SMILES string of the molecule is Fc1cc(Br)ccc1[C@H]1CO1. The molecule has 0 spiro atoms. The van der Waals surface area contributed by atoms with Crippen molar-refractivity contribution in [1.29, 1.82) is 0 Å². The summed E-state index contributed by atoms with van der Waals surface area (Å²) in [5.41, 5.74) is 0.660. The maximum absolute atomic E-state index is 13.0. The fourth-order valence-electron chi connectivity index (χ4n) is 0.990. The van der Waals surface area contributed by atoms with Crippen LogP contribution in [0.5, 0.6) is 0 Å². The molecule has 3 heteroatoms. The lowest BCUT2D eigenvalue weighted by Crippen LogP contribution is -1.86. The molecule has 0 radical (unpaired) electrons. The van der Waals surface area contributed by atoms with Crippen molar-refractivity contribution in [3.63, 3.8) is 0 Å². The second kappa shape index (κ2) is 2.57. The molecule has 1 atom stereocenters. The highest BCUT2D eigenvalue weighted by Gasteiger charge is 2.27. The smallest absolute Gasteiger partial charge is 0.130 e. The summed E-state index contributed by atoms with van der Waals surface area (Å²) in [6, 6.07) is 5.02. The minimum atomic E-state index is -0.193. The Labute approximate surface area is 72.3 Å². The molecule has 11 heavy (non-hydrogen) atoms. The molecule has 0 bridgehead atoms. The summed E-state index contributed by atoms with van der Waals surface area (Å²) in [5.74, 6) is -0.193. The van der Waals surface area contributed by atoms with Crippen LogP contribution in [0.1, 0.15) is 11.7 Å². The van der Waals surface area contributed by atoms with Crippen molar-refractivity contribution >= 4 is 15.9 Å². The van der Waals surface area contributed by atoms with Crippen LogP contribution >= 0.6 is 15.9 Å². The van der Waals surface area contributed by atoms with E-state index in [2.05, 4.69) is 15.9 Å². The summed E-state index contributed by atoms with van der Waals surface area (Å²) < 4.78 is 18.8. The normalized spacial score (nSPS) is 21.8. The molecule has 1 aromatic rings. The number of hydrogen-bond donors (Lipinski definition) is 0. The van der Waals surface area contributed by atoms with Gasteiger partial charge in [0.05, 0.1) is 6.61 Å². The molecule has 1 saturated heterocycles. The van der Waals surface area contributed by atoms with Crippen LogP contribution in [0.4, 0.5) is 4.39 Å². The topological polar surface area (TPSA) is 12.5 Å². The number of benzene rings is 1. The zero-order valence-corrected chi connectivity index (χ0v) is 7.27. The molecule has 2 rings (SSSR count).